The molecule has 2 bridgehead atoms. The molecule has 3 heteroatoms. The summed E-state index contributed by atoms with van der Waals surface area (Å²) in [6.45, 7) is 8.10. The van der Waals surface area contributed by atoms with Crippen molar-refractivity contribution in [3.63, 3.8) is 0 Å². The van der Waals surface area contributed by atoms with Crippen LogP contribution in [0.1, 0.15) is 46.5 Å². The van der Waals surface area contributed by atoms with Crippen molar-refractivity contribution in [2.24, 2.45) is 11.3 Å². The Morgan fingerprint density at radius 3 is 2.18 bits per heavy atom. The van der Waals surface area contributed by atoms with Crippen LogP contribution in [0.2, 0.25) is 0 Å². The molecule has 2 aliphatic rings. The van der Waals surface area contributed by atoms with Crippen LogP contribution in [-0.2, 0) is 0 Å². The Balaban J connectivity index is 2.00. The lowest BCUT2D eigenvalue weighted by Crippen LogP contribution is -2.48. The summed E-state index contributed by atoms with van der Waals surface area (Å²) in [5.41, 5.74) is 0.331. The average molecular weight is 257 g/mol. The van der Waals surface area contributed by atoms with Gasteiger partial charge in [-0.05, 0) is 42.8 Å². The molecule has 0 aromatic carbocycles. The SMILES string of the molecule is CC(C)(C)C(CS)CN1C2CCC1CC(O)C2. The van der Waals surface area contributed by atoms with Crippen LogP contribution in [0.15, 0.2) is 0 Å². The van der Waals surface area contributed by atoms with Crippen LogP contribution in [0.5, 0.6) is 0 Å². The highest BCUT2D eigenvalue weighted by Crippen LogP contribution is 2.38. The molecule has 2 heterocycles. The van der Waals surface area contributed by atoms with E-state index in [2.05, 4.69) is 38.3 Å². The minimum atomic E-state index is -0.0483. The summed E-state index contributed by atoms with van der Waals surface area (Å²) in [4.78, 5) is 2.67. The molecule has 100 valence electrons. The standard InChI is InChI=1S/C14H27NOS/c1-14(2,3)10(9-17)8-15-11-4-5-12(15)7-13(16)6-11/h10-13,16-17H,4-9H2,1-3H3. The molecule has 0 aliphatic carbocycles. The third-order valence-corrected chi connectivity index (χ3v) is 5.18. The number of hydrogen-bond acceptors (Lipinski definition) is 3. The average Bonchev–Trinajstić information content (AvgIpc) is 2.45. The Hall–Kier alpha value is 0.270. The van der Waals surface area contributed by atoms with E-state index in [1.54, 1.807) is 0 Å². The lowest BCUT2D eigenvalue weighted by Gasteiger charge is -2.42. The molecule has 0 aromatic rings. The maximum Gasteiger partial charge on any atom is 0.0570 e. The predicted octanol–water partition coefficient (Wildman–Crippen LogP) is 2.57. The third-order valence-electron chi connectivity index (χ3n) is 4.74. The van der Waals surface area contributed by atoms with Crippen LogP contribution in [-0.4, -0.2) is 40.5 Å². The molecule has 1 N–H and O–H groups in total. The van der Waals surface area contributed by atoms with Gasteiger partial charge in [0, 0.05) is 18.6 Å². The lowest BCUT2D eigenvalue weighted by atomic mass is 9.81. The number of aliphatic hydroxyl groups is 1. The molecule has 2 saturated heterocycles. The van der Waals surface area contributed by atoms with Gasteiger partial charge in [-0.15, -0.1) is 0 Å². The van der Waals surface area contributed by atoms with Gasteiger partial charge < -0.3 is 5.11 Å². The van der Waals surface area contributed by atoms with Crippen LogP contribution in [0.25, 0.3) is 0 Å². The van der Waals surface area contributed by atoms with Crippen molar-refractivity contribution < 1.29 is 5.11 Å². The summed E-state index contributed by atoms with van der Waals surface area (Å²) in [7, 11) is 0. The molecule has 0 radical (unpaired) electrons. The molecule has 2 rings (SSSR count). The number of fused-ring (bicyclic) bond motifs is 2. The van der Waals surface area contributed by atoms with Crippen molar-refractivity contribution in [2.45, 2.75) is 64.6 Å². The molecule has 2 aliphatic heterocycles. The van der Waals surface area contributed by atoms with E-state index in [-0.39, 0.29) is 6.10 Å². The van der Waals surface area contributed by atoms with Crippen molar-refractivity contribution >= 4 is 12.6 Å². The van der Waals surface area contributed by atoms with E-state index in [4.69, 9.17) is 0 Å². The molecule has 3 unspecified atom stereocenters. The van der Waals surface area contributed by atoms with E-state index in [1.165, 1.54) is 12.8 Å². The first-order chi connectivity index (χ1) is 7.91. The summed E-state index contributed by atoms with van der Waals surface area (Å²) < 4.78 is 0. The number of hydrogen-bond donors (Lipinski definition) is 2. The quantitative estimate of drug-likeness (QED) is 0.759. The number of rotatable bonds is 3. The molecular formula is C14H27NOS. The fraction of sp³-hybridized carbons (Fsp3) is 1.00. The van der Waals surface area contributed by atoms with Gasteiger partial charge in [0.05, 0.1) is 6.10 Å². The summed E-state index contributed by atoms with van der Waals surface area (Å²) in [6, 6.07) is 1.27. The van der Waals surface area contributed by atoms with Crippen LogP contribution in [0.4, 0.5) is 0 Å². The van der Waals surface area contributed by atoms with Gasteiger partial charge in [-0.3, -0.25) is 4.90 Å². The zero-order valence-corrected chi connectivity index (χ0v) is 12.3. The summed E-state index contributed by atoms with van der Waals surface area (Å²) in [5, 5.41) is 9.82. The topological polar surface area (TPSA) is 23.5 Å². The summed E-state index contributed by atoms with van der Waals surface area (Å²) in [5.74, 6) is 1.60. The van der Waals surface area contributed by atoms with Gasteiger partial charge >= 0.3 is 0 Å². The van der Waals surface area contributed by atoms with Gasteiger partial charge in [-0.2, -0.15) is 12.6 Å². The Morgan fingerprint density at radius 2 is 1.76 bits per heavy atom. The van der Waals surface area contributed by atoms with Gasteiger partial charge in [-0.25, -0.2) is 0 Å². The molecule has 0 spiro atoms. The highest BCUT2D eigenvalue weighted by Gasteiger charge is 2.41. The zero-order chi connectivity index (χ0) is 12.6. The van der Waals surface area contributed by atoms with E-state index in [1.807, 2.05) is 0 Å². The van der Waals surface area contributed by atoms with Gasteiger partial charge in [0.15, 0.2) is 0 Å². The Labute approximate surface area is 111 Å². The van der Waals surface area contributed by atoms with Crippen LogP contribution < -0.4 is 0 Å². The normalized spacial score (nSPS) is 36.2. The van der Waals surface area contributed by atoms with E-state index in [9.17, 15) is 5.11 Å². The highest BCUT2D eigenvalue weighted by atomic mass is 32.1. The minimum Gasteiger partial charge on any atom is -0.393 e. The van der Waals surface area contributed by atoms with E-state index >= 15 is 0 Å². The Kier molecular flexibility index (Phi) is 4.11. The van der Waals surface area contributed by atoms with Crippen molar-refractivity contribution in [1.29, 1.82) is 0 Å². The second-order valence-corrected chi connectivity index (χ2v) is 7.32. The van der Waals surface area contributed by atoms with E-state index < -0.39 is 0 Å². The van der Waals surface area contributed by atoms with E-state index in [0.717, 1.165) is 25.1 Å². The number of nitrogens with zero attached hydrogens (tertiary/aromatic N) is 1. The van der Waals surface area contributed by atoms with Crippen LogP contribution in [0.3, 0.4) is 0 Å². The monoisotopic (exact) mass is 257 g/mol. The summed E-state index contributed by atoms with van der Waals surface area (Å²) >= 11 is 4.53. The maximum absolute atomic E-state index is 9.82. The Bertz CT molecular complexity index is 249. The first kappa shape index (κ1) is 13.7. The molecule has 3 atom stereocenters. The minimum absolute atomic E-state index is 0.0483. The van der Waals surface area contributed by atoms with Crippen LogP contribution in [0, 0.1) is 11.3 Å². The van der Waals surface area contributed by atoms with Crippen molar-refractivity contribution in [3.8, 4) is 0 Å². The maximum atomic E-state index is 9.82. The van der Waals surface area contributed by atoms with Gasteiger partial charge in [0.1, 0.15) is 0 Å². The second-order valence-electron chi connectivity index (χ2n) is 6.95. The molecule has 2 nitrogen and oxygen atoms in total. The number of thiol groups is 1. The Morgan fingerprint density at radius 1 is 1.24 bits per heavy atom. The molecule has 0 aromatic heterocycles. The third kappa shape index (κ3) is 2.99. The molecule has 2 fully saturated rings. The first-order valence-electron chi connectivity index (χ1n) is 6.96. The first-order valence-corrected chi connectivity index (χ1v) is 7.59. The molecule has 0 amide bonds. The van der Waals surface area contributed by atoms with Crippen molar-refractivity contribution in [1.82, 2.24) is 4.90 Å². The van der Waals surface area contributed by atoms with Crippen molar-refractivity contribution in [2.75, 3.05) is 12.3 Å². The fourth-order valence-electron chi connectivity index (χ4n) is 3.40. The van der Waals surface area contributed by atoms with Gasteiger partial charge in [-0.1, -0.05) is 20.8 Å². The van der Waals surface area contributed by atoms with Gasteiger partial charge in [0.2, 0.25) is 0 Å². The lowest BCUT2D eigenvalue weighted by molar-refractivity contribution is 0.0185. The van der Waals surface area contributed by atoms with Gasteiger partial charge in [0.25, 0.3) is 0 Å². The summed E-state index contributed by atoms with van der Waals surface area (Å²) in [6.07, 6.45) is 4.49. The van der Waals surface area contributed by atoms with E-state index in [0.29, 0.717) is 23.4 Å². The predicted molar refractivity (Wildman–Crippen MR) is 75.6 cm³/mol. The fourth-order valence-corrected chi connectivity index (χ4v) is 4.07. The second kappa shape index (κ2) is 5.10. The molecule has 0 saturated carbocycles. The number of aliphatic hydroxyl groups excluding tert-OH is 1. The number of piperidine rings is 1. The van der Waals surface area contributed by atoms with Crippen molar-refractivity contribution in [3.05, 3.63) is 0 Å². The van der Waals surface area contributed by atoms with Crippen LogP contribution >= 0.6 is 12.6 Å². The molecule has 17 heavy (non-hydrogen) atoms. The highest BCUT2D eigenvalue weighted by molar-refractivity contribution is 7.80. The zero-order valence-electron chi connectivity index (χ0n) is 11.4. The smallest absolute Gasteiger partial charge is 0.0570 e. The molecular weight excluding hydrogens is 230 g/mol. The largest absolute Gasteiger partial charge is 0.393 e.